The molecule has 0 radical (unpaired) electrons. The van der Waals surface area contributed by atoms with Gasteiger partial charge in [-0.15, -0.1) is 0 Å². The van der Waals surface area contributed by atoms with E-state index in [9.17, 15) is 4.79 Å². The van der Waals surface area contributed by atoms with Crippen LogP contribution < -0.4 is 0 Å². The predicted molar refractivity (Wildman–Crippen MR) is 69.7 cm³/mol. The molecule has 1 heterocycles. The van der Waals surface area contributed by atoms with E-state index in [-0.39, 0.29) is 5.91 Å². The normalized spacial score (nSPS) is 16.8. The summed E-state index contributed by atoms with van der Waals surface area (Å²) in [6, 6.07) is 9.71. The highest BCUT2D eigenvalue weighted by Crippen LogP contribution is 2.16. The standard InChI is InChI=1S/C15H18N2O/c16-11-13-7-4-5-8-14(13)12-17-10-6-2-1-3-9-15(17)18/h4-5,7-8H,1-3,6,9-10,12H2. The molecule has 1 aliphatic rings. The lowest BCUT2D eigenvalue weighted by Gasteiger charge is -2.25. The third kappa shape index (κ3) is 3.10. The Balaban J connectivity index is 2.11. The fraction of sp³-hybridized carbons (Fsp3) is 0.467. The molecule has 3 nitrogen and oxygen atoms in total. The summed E-state index contributed by atoms with van der Waals surface area (Å²) in [5, 5.41) is 9.06. The number of amides is 1. The van der Waals surface area contributed by atoms with Gasteiger partial charge in [0.25, 0.3) is 0 Å². The van der Waals surface area contributed by atoms with E-state index in [0.29, 0.717) is 18.5 Å². The van der Waals surface area contributed by atoms with Gasteiger partial charge in [0.15, 0.2) is 0 Å². The van der Waals surface area contributed by atoms with Gasteiger partial charge in [0.2, 0.25) is 5.91 Å². The Morgan fingerprint density at radius 2 is 1.94 bits per heavy atom. The second-order valence-corrected chi connectivity index (χ2v) is 4.75. The van der Waals surface area contributed by atoms with Gasteiger partial charge in [0.05, 0.1) is 11.6 Å². The second-order valence-electron chi connectivity index (χ2n) is 4.75. The summed E-state index contributed by atoms with van der Waals surface area (Å²) in [6.07, 6.45) is 5.07. The number of nitriles is 1. The van der Waals surface area contributed by atoms with Crippen LogP contribution in [0.25, 0.3) is 0 Å². The van der Waals surface area contributed by atoms with Gasteiger partial charge in [0.1, 0.15) is 0 Å². The molecule has 0 aliphatic carbocycles. The molecule has 3 heteroatoms. The lowest BCUT2D eigenvalue weighted by molar-refractivity contribution is -0.132. The van der Waals surface area contributed by atoms with Crippen molar-refractivity contribution in [3.8, 4) is 6.07 Å². The van der Waals surface area contributed by atoms with Gasteiger partial charge in [-0.3, -0.25) is 4.79 Å². The summed E-state index contributed by atoms with van der Waals surface area (Å²) in [4.78, 5) is 13.9. The number of carbonyl (C=O) groups excluding carboxylic acids is 1. The first-order chi connectivity index (χ1) is 8.81. The minimum atomic E-state index is 0.224. The van der Waals surface area contributed by atoms with E-state index in [0.717, 1.165) is 31.4 Å². The van der Waals surface area contributed by atoms with Crippen LogP contribution in [-0.2, 0) is 11.3 Å². The van der Waals surface area contributed by atoms with Crippen molar-refractivity contribution in [1.29, 1.82) is 5.26 Å². The van der Waals surface area contributed by atoms with Crippen molar-refractivity contribution in [2.75, 3.05) is 6.54 Å². The Bertz CT molecular complexity index is 462. The molecule has 2 rings (SSSR count). The summed E-state index contributed by atoms with van der Waals surface area (Å²) >= 11 is 0. The Morgan fingerprint density at radius 3 is 2.78 bits per heavy atom. The first-order valence-corrected chi connectivity index (χ1v) is 6.57. The number of carbonyl (C=O) groups is 1. The molecule has 1 saturated heterocycles. The molecule has 0 bridgehead atoms. The van der Waals surface area contributed by atoms with Gasteiger partial charge in [0, 0.05) is 19.5 Å². The largest absolute Gasteiger partial charge is 0.338 e. The first-order valence-electron chi connectivity index (χ1n) is 6.57. The van der Waals surface area contributed by atoms with Crippen molar-refractivity contribution in [3.63, 3.8) is 0 Å². The average molecular weight is 242 g/mol. The average Bonchev–Trinajstić information content (AvgIpc) is 2.39. The van der Waals surface area contributed by atoms with Gasteiger partial charge >= 0.3 is 0 Å². The molecule has 1 amide bonds. The molecular formula is C15H18N2O. The molecule has 0 atom stereocenters. The Morgan fingerprint density at radius 1 is 1.17 bits per heavy atom. The fourth-order valence-electron chi connectivity index (χ4n) is 2.36. The van der Waals surface area contributed by atoms with E-state index < -0.39 is 0 Å². The maximum absolute atomic E-state index is 12.0. The Hall–Kier alpha value is -1.82. The molecule has 0 spiro atoms. The summed E-state index contributed by atoms with van der Waals surface area (Å²) in [6.45, 7) is 1.39. The van der Waals surface area contributed by atoms with E-state index in [2.05, 4.69) is 6.07 Å². The van der Waals surface area contributed by atoms with Gasteiger partial charge < -0.3 is 4.90 Å². The van der Waals surface area contributed by atoms with Crippen molar-refractivity contribution in [2.45, 2.75) is 38.6 Å². The molecule has 0 unspecified atom stereocenters. The maximum Gasteiger partial charge on any atom is 0.222 e. The predicted octanol–water partition coefficient (Wildman–Crippen LogP) is 2.85. The third-order valence-corrected chi connectivity index (χ3v) is 3.42. The van der Waals surface area contributed by atoms with Gasteiger partial charge in [-0.2, -0.15) is 5.26 Å². The summed E-state index contributed by atoms with van der Waals surface area (Å²) in [5.74, 6) is 0.224. The zero-order chi connectivity index (χ0) is 12.8. The van der Waals surface area contributed by atoms with Crippen molar-refractivity contribution >= 4 is 5.91 Å². The van der Waals surface area contributed by atoms with Crippen LogP contribution in [0.1, 0.15) is 43.2 Å². The van der Waals surface area contributed by atoms with Crippen LogP contribution in [0.15, 0.2) is 24.3 Å². The maximum atomic E-state index is 12.0. The minimum Gasteiger partial charge on any atom is -0.338 e. The number of rotatable bonds is 2. The lowest BCUT2D eigenvalue weighted by atomic mass is 10.1. The molecule has 94 valence electrons. The van der Waals surface area contributed by atoms with Crippen LogP contribution in [0.3, 0.4) is 0 Å². The molecule has 1 aromatic rings. The summed E-state index contributed by atoms with van der Waals surface area (Å²) in [5.41, 5.74) is 1.63. The zero-order valence-electron chi connectivity index (χ0n) is 10.6. The Labute approximate surface area is 108 Å². The van der Waals surface area contributed by atoms with Crippen LogP contribution >= 0.6 is 0 Å². The highest BCUT2D eigenvalue weighted by Gasteiger charge is 2.16. The molecule has 0 saturated carbocycles. The first kappa shape index (κ1) is 12.6. The monoisotopic (exact) mass is 242 g/mol. The zero-order valence-corrected chi connectivity index (χ0v) is 10.6. The van der Waals surface area contributed by atoms with Gasteiger partial charge in [-0.05, 0) is 24.5 Å². The van der Waals surface area contributed by atoms with E-state index in [1.54, 1.807) is 0 Å². The molecule has 1 aromatic carbocycles. The number of hydrogen-bond donors (Lipinski definition) is 0. The van der Waals surface area contributed by atoms with E-state index >= 15 is 0 Å². The van der Waals surface area contributed by atoms with Crippen molar-refractivity contribution in [3.05, 3.63) is 35.4 Å². The van der Waals surface area contributed by atoms with Crippen LogP contribution in [0.2, 0.25) is 0 Å². The van der Waals surface area contributed by atoms with Crippen molar-refractivity contribution in [2.24, 2.45) is 0 Å². The minimum absolute atomic E-state index is 0.224. The summed E-state index contributed by atoms with van der Waals surface area (Å²) < 4.78 is 0. The van der Waals surface area contributed by atoms with E-state index in [4.69, 9.17) is 5.26 Å². The fourth-order valence-corrected chi connectivity index (χ4v) is 2.36. The molecule has 1 aliphatic heterocycles. The smallest absolute Gasteiger partial charge is 0.222 e. The highest BCUT2D eigenvalue weighted by molar-refractivity contribution is 5.76. The number of nitrogens with zero attached hydrogens (tertiary/aromatic N) is 2. The van der Waals surface area contributed by atoms with Crippen LogP contribution in [-0.4, -0.2) is 17.4 Å². The number of benzene rings is 1. The number of hydrogen-bond acceptors (Lipinski definition) is 2. The van der Waals surface area contributed by atoms with Crippen molar-refractivity contribution in [1.82, 2.24) is 4.90 Å². The highest BCUT2D eigenvalue weighted by atomic mass is 16.2. The number of likely N-dealkylation sites (tertiary alicyclic amines) is 1. The van der Waals surface area contributed by atoms with Crippen LogP contribution in [0.4, 0.5) is 0 Å². The van der Waals surface area contributed by atoms with E-state index in [1.807, 2.05) is 29.2 Å². The third-order valence-electron chi connectivity index (χ3n) is 3.42. The molecular weight excluding hydrogens is 224 g/mol. The quantitative estimate of drug-likeness (QED) is 0.800. The second kappa shape index (κ2) is 6.20. The summed E-state index contributed by atoms with van der Waals surface area (Å²) in [7, 11) is 0. The molecule has 0 aromatic heterocycles. The molecule has 18 heavy (non-hydrogen) atoms. The Kier molecular flexibility index (Phi) is 4.35. The lowest BCUT2D eigenvalue weighted by Crippen LogP contribution is -2.32. The van der Waals surface area contributed by atoms with Gasteiger partial charge in [-0.25, -0.2) is 0 Å². The SMILES string of the molecule is N#Cc1ccccc1CN1CCCCCCC1=O. The molecule has 1 fully saturated rings. The van der Waals surface area contributed by atoms with Crippen LogP contribution in [0.5, 0.6) is 0 Å². The van der Waals surface area contributed by atoms with Crippen LogP contribution in [0, 0.1) is 11.3 Å². The topological polar surface area (TPSA) is 44.1 Å². The van der Waals surface area contributed by atoms with Crippen molar-refractivity contribution < 1.29 is 4.79 Å². The molecule has 0 N–H and O–H groups in total. The van der Waals surface area contributed by atoms with Gasteiger partial charge in [-0.1, -0.05) is 31.0 Å². The van der Waals surface area contributed by atoms with E-state index in [1.165, 1.54) is 6.42 Å².